The maximum absolute atomic E-state index is 11.6. The molecular formula is C13H20BrNO4. The highest BCUT2D eigenvalue weighted by Crippen LogP contribution is 2.25. The molecule has 1 saturated carbocycles. The summed E-state index contributed by atoms with van der Waals surface area (Å²) in [6, 6.07) is 0. The number of ketones is 1. The summed E-state index contributed by atoms with van der Waals surface area (Å²) in [4.78, 5) is 28.5. The van der Waals surface area contributed by atoms with Crippen LogP contribution >= 0.6 is 15.9 Å². The third kappa shape index (κ3) is 5.30. The minimum Gasteiger partial charge on any atom is -0.461 e. The van der Waals surface area contributed by atoms with Gasteiger partial charge in [-0.15, -0.1) is 0 Å². The van der Waals surface area contributed by atoms with Crippen LogP contribution in [0.25, 0.3) is 0 Å². The standard InChI is InChI=1S/C13H20BrNO4/c1-3-18-13(17)12(11(16)8-14)15-19-10-6-4-9(2)5-7-10/h9-10H,3-8H2,1-2H3/b15-12-/t9-,10+. The maximum atomic E-state index is 11.6. The smallest absolute Gasteiger partial charge is 0.364 e. The molecule has 108 valence electrons. The summed E-state index contributed by atoms with van der Waals surface area (Å²) in [5, 5.41) is 3.75. The molecule has 1 aliphatic carbocycles. The predicted molar refractivity (Wildman–Crippen MR) is 75.4 cm³/mol. The Morgan fingerprint density at radius 3 is 2.42 bits per heavy atom. The first-order valence-corrected chi connectivity index (χ1v) is 7.70. The fourth-order valence-electron chi connectivity index (χ4n) is 1.93. The van der Waals surface area contributed by atoms with E-state index in [0.717, 1.165) is 25.7 Å². The van der Waals surface area contributed by atoms with E-state index < -0.39 is 11.8 Å². The van der Waals surface area contributed by atoms with Crippen LogP contribution in [0.3, 0.4) is 0 Å². The second-order valence-corrected chi connectivity index (χ2v) is 5.27. The molecule has 0 N–H and O–H groups in total. The Hall–Kier alpha value is -0.910. The highest BCUT2D eigenvalue weighted by molar-refractivity contribution is 9.09. The number of hydrogen-bond donors (Lipinski definition) is 0. The van der Waals surface area contributed by atoms with Crippen molar-refractivity contribution in [2.24, 2.45) is 11.1 Å². The first kappa shape index (κ1) is 16.1. The van der Waals surface area contributed by atoms with Crippen molar-refractivity contribution in [2.75, 3.05) is 11.9 Å². The number of oxime groups is 1. The molecule has 0 aromatic heterocycles. The van der Waals surface area contributed by atoms with Crippen LogP contribution in [0.1, 0.15) is 39.5 Å². The van der Waals surface area contributed by atoms with Gasteiger partial charge in [-0.25, -0.2) is 4.79 Å². The van der Waals surface area contributed by atoms with Crippen molar-refractivity contribution >= 4 is 33.4 Å². The Morgan fingerprint density at radius 1 is 1.26 bits per heavy atom. The van der Waals surface area contributed by atoms with Crippen molar-refractivity contribution in [3.63, 3.8) is 0 Å². The van der Waals surface area contributed by atoms with Gasteiger partial charge in [0.05, 0.1) is 11.9 Å². The fraction of sp³-hybridized carbons (Fsp3) is 0.769. The second kappa shape index (κ2) is 8.30. The summed E-state index contributed by atoms with van der Waals surface area (Å²) in [5.74, 6) is -0.448. The van der Waals surface area contributed by atoms with Gasteiger partial charge in [0.25, 0.3) is 0 Å². The summed E-state index contributed by atoms with van der Waals surface area (Å²) in [6.07, 6.45) is 3.97. The number of nitrogens with zero attached hydrogens (tertiary/aromatic N) is 1. The average Bonchev–Trinajstić information content (AvgIpc) is 2.41. The van der Waals surface area contributed by atoms with Gasteiger partial charge < -0.3 is 9.57 Å². The minimum absolute atomic E-state index is 0.0104. The van der Waals surface area contributed by atoms with E-state index in [-0.39, 0.29) is 23.8 Å². The molecule has 0 spiro atoms. The number of ether oxygens (including phenoxy) is 1. The van der Waals surface area contributed by atoms with E-state index in [1.165, 1.54) is 0 Å². The van der Waals surface area contributed by atoms with Crippen LogP contribution in [0, 0.1) is 5.92 Å². The molecule has 0 unspecified atom stereocenters. The molecular weight excluding hydrogens is 314 g/mol. The first-order chi connectivity index (χ1) is 9.08. The van der Waals surface area contributed by atoms with E-state index in [1.807, 2.05) is 0 Å². The molecule has 0 saturated heterocycles. The molecule has 0 atom stereocenters. The Kier molecular flexibility index (Phi) is 7.05. The molecule has 0 heterocycles. The van der Waals surface area contributed by atoms with Crippen LogP contribution in [-0.2, 0) is 19.2 Å². The molecule has 0 aromatic carbocycles. The summed E-state index contributed by atoms with van der Waals surface area (Å²) in [7, 11) is 0. The van der Waals surface area contributed by atoms with E-state index in [9.17, 15) is 9.59 Å². The number of esters is 1. The molecule has 0 aromatic rings. The Balaban J connectivity index is 2.61. The molecule has 1 aliphatic rings. The van der Waals surface area contributed by atoms with Gasteiger partial charge in [0.1, 0.15) is 6.10 Å². The maximum Gasteiger partial charge on any atom is 0.364 e. The van der Waals surface area contributed by atoms with Crippen molar-refractivity contribution in [3.05, 3.63) is 0 Å². The van der Waals surface area contributed by atoms with Gasteiger partial charge >= 0.3 is 5.97 Å². The summed E-state index contributed by atoms with van der Waals surface area (Å²) in [5.41, 5.74) is -0.266. The highest BCUT2D eigenvalue weighted by atomic mass is 79.9. The zero-order valence-corrected chi connectivity index (χ0v) is 12.9. The summed E-state index contributed by atoms with van der Waals surface area (Å²) >= 11 is 3.01. The lowest BCUT2D eigenvalue weighted by atomic mass is 9.89. The normalized spacial score (nSPS) is 23.8. The zero-order chi connectivity index (χ0) is 14.3. The van der Waals surface area contributed by atoms with Crippen molar-refractivity contribution < 1.29 is 19.2 Å². The molecule has 0 radical (unpaired) electrons. The van der Waals surface area contributed by atoms with Crippen molar-refractivity contribution in [1.29, 1.82) is 0 Å². The number of carbonyl (C=O) groups excluding carboxylic acids is 2. The quantitative estimate of drug-likeness (QED) is 0.246. The van der Waals surface area contributed by atoms with E-state index in [2.05, 4.69) is 28.0 Å². The van der Waals surface area contributed by atoms with Gasteiger partial charge in [-0.3, -0.25) is 4.79 Å². The van der Waals surface area contributed by atoms with Gasteiger partial charge in [-0.2, -0.15) is 0 Å². The highest BCUT2D eigenvalue weighted by Gasteiger charge is 2.24. The van der Waals surface area contributed by atoms with E-state index >= 15 is 0 Å². The summed E-state index contributed by atoms with van der Waals surface area (Å²) < 4.78 is 4.79. The minimum atomic E-state index is -0.726. The number of alkyl halides is 1. The molecule has 5 nitrogen and oxygen atoms in total. The lowest BCUT2D eigenvalue weighted by Gasteiger charge is -2.24. The number of hydrogen-bond acceptors (Lipinski definition) is 5. The Morgan fingerprint density at radius 2 is 1.89 bits per heavy atom. The van der Waals surface area contributed by atoms with Crippen LogP contribution in [0.5, 0.6) is 0 Å². The van der Waals surface area contributed by atoms with Gasteiger partial charge in [0.15, 0.2) is 0 Å². The molecule has 0 aliphatic heterocycles. The van der Waals surface area contributed by atoms with Gasteiger partial charge in [0, 0.05) is 0 Å². The van der Waals surface area contributed by atoms with Crippen molar-refractivity contribution in [1.82, 2.24) is 0 Å². The van der Waals surface area contributed by atoms with Gasteiger partial charge in [0.2, 0.25) is 11.5 Å². The molecule has 0 bridgehead atoms. The predicted octanol–water partition coefficient (Wildman–Crippen LogP) is 2.46. The average molecular weight is 334 g/mol. The van der Waals surface area contributed by atoms with Crippen LogP contribution in [-0.4, -0.2) is 35.5 Å². The SMILES string of the molecule is CCOC(=O)/C(=N\O[C@H]1CC[C@@H](C)CC1)C(=O)CBr. The third-order valence-electron chi connectivity index (χ3n) is 3.11. The molecule has 1 rings (SSSR count). The first-order valence-electron chi connectivity index (χ1n) is 6.58. The number of Topliss-reactive ketones (excluding diaryl/α,β-unsaturated/α-hetero) is 1. The largest absolute Gasteiger partial charge is 0.461 e. The van der Waals surface area contributed by atoms with Crippen LogP contribution in [0.15, 0.2) is 5.16 Å². The van der Waals surface area contributed by atoms with Crippen LogP contribution in [0.4, 0.5) is 0 Å². The monoisotopic (exact) mass is 333 g/mol. The number of halogens is 1. The molecule has 1 fully saturated rings. The van der Waals surface area contributed by atoms with Gasteiger partial charge in [-0.05, 0) is 38.5 Å². The van der Waals surface area contributed by atoms with Crippen molar-refractivity contribution in [3.8, 4) is 0 Å². The summed E-state index contributed by atoms with van der Waals surface area (Å²) in [6.45, 7) is 4.09. The molecule has 6 heteroatoms. The lowest BCUT2D eigenvalue weighted by Crippen LogP contribution is -2.29. The number of rotatable bonds is 6. The van der Waals surface area contributed by atoms with Crippen LogP contribution in [0.2, 0.25) is 0 Å². The Labute approximate surface area is 121 Å². The van der Waals surface area contributed by atoms with Gasteiger partial charge in [-0.1, -0.05) is 28.0 Å². The fourth-order valence-corrected chi connectivity index (χ4v) is 2.19. The zero-order valence-electron chi connectivity index (χ0n) is 11.4. The van der Waals surface area contributed by atoms with Crippen LogP contribution < -0.4 is 0 Å². The van der Waals surface area contributed by atoms with E-state index in [0.29, 0.717) is 5.92 Å². The number of carbonyl (C=O) groups is 2. The topological polar surface area (TPSA) is 65.0 Å². The second-order valence-electron chi connectivity index (χ2n) is 4.70. The molecule has 19 heavy (non-hydrogen) atoms. The third-order valence-corrected chi connectivity index (χ3v) is 3.62. The van der Waals surface area contributed by atoms with E-state index in [1.54, 1.807) is 6.92 Å². The Bertz CT molecular complexity index is 349. The van der Waals surface area contributed by atoms with Crippen molar-refractivity contribution in [2.45, 2.75) is 45.6 Å². The van der Waals surface area contributed by atoms with E-state index in [4.69, 9.17) is 9.57 Å². The molecule has 0 amide bonds. The lowest BCUT2D eigenvalue weighted by molar-refractivity contribution is -0.136.